The van der Waals surface area contributed by atoms with E-state index in [-0.39, 0.29) is 0 Å². The van der Waals surface area contributed by atoms with Gasteiger partial charge in [-0.1, -0.05) is 127 Å². The van der Waals surface area contributed by atoms with Crippen LogP contribution < -0.4 is 0 Å². The van der Waals surface area contributed by atoms with E-state index in [2.05, 4.69) is 134 Å². The maximum Gasteiger partial charge on any atom is -0.00201 e. The zero-order chi connectivity index (χ0) is 25.7. The van der Waals surface area contributed by atoms with Crippen molar-refractivity contribution in [2.45, 2.75) is 6.92 Å². The monoisotopic (exact) mass is 492 g/mol. The highest BCUT2D eigenvalue weighted by molar-refractivity contribution is 6.20. The Balaban J connectivity index is 1.28. The molecule has 2 aliphatic rings. The molecule has 0 radical (unpaired) electrons. The van der Waals surface area contributed by atoms with Gasteiger partial charge in [-0.3, -0.25) is 0 Å². The van der Waals surface area contributed by atoms with Crippen molar-refractivity contribution in [2.24, 2.45) is 0 Å². The van der Waals surface area contributed by atoms with Gasteiger partial charge >= 0.3 is 0 Å². The fourth-order valence-corrected chi connectivity index (χ4v) is 7.31. The molecule has 0 amide bonds. The molecule has 0 bridgehead atoms. The highest BCUT2D eigenvalue weighted by atomic mass is 14.3. The molecule has 0 saturated carbocycles. The Labute approximate surface area is 227 Å². The zero-order valence-electron chi connectivity index (χ0n) is 21.6. The van der Waals surface area contributed by atoms with Gasteiger partial charge in [0.25, 0.3) is 0 Å². The van der Waals surface area contributed by atoms with Crippen LogP contribution in [-0.4, -0.2) is 0 Å². The fourth-order valence-electron chi connectivity index (χ4n) is 7.31. The number of fused-ring (bicyclic) bond motifs is 6. The first-order valence-electron chi connectivity index (χ1n) is 13.7. The normalized spacial score (nSPS) is 12.2. The molecule has 0 aromatic heterocycles. The van der Waals surface area contributed by atoms with Crippen molar-refractivity contribution in [1.29, 1.82) is 0 Å². The highest BCUT2D eigenvalue weighted by Gasteiger charge is 2.25. The minimum absolute atomic E-state index is 1.30. The minimum atomic E-state index is 1.30. The van der Waals surface area contributed by atoms with Gasteiger partial charge in [-0.05, 0) is 101 Å². The molecule has 0 unspecified atom stereocenters. The molecule has 0 heterocycles. The van der Waals surface area contributed by atoms with Gasteiger partial charge in [-0.25, -0.2) is 0 Å². The lowest BCUT2D eigenvalue weighted by Gasteiger charge is -2.17. The molecule has 7 aromatic rings. The van der Waals surface area contributed by atoms with Gasteiger partial charge in [-0.15, -0.1) is 0 Å². The second kappa shape index (κ2) is 7.56. The molecule has 0 aliphatic heterocycles. The molecular weight excluding hydrogens is 468 g/mol. The molecular formula is C39H24. The first kappa shape index (κ1) is 21.0. The van der Waals surface area contributed by atoms with Crippen LogP contribution in [0.15, 0.2) is 127 Å². The molecule has 0 nitrogen and oxygen atoms in total. The Bertz CT molecular complexity index is 1970. The van der Waals surface area contributed by atoms with Crippen LogP contribution in [0.3, 0.4) is 0 Å². The Morgan fingerprint density at radius 2 is 0.564 bits per heavy atom. The van der Waals surface area contributed by atoms with Crippen LogP contribution in [0.4, 0.5) is 0 Å². The maximum absolute atomic E-state index is 2.33. The van der Waals surface area contributed by atoms with Crippen LogP contribution in [0.2, 0.25) is 0 Å². The average molecular weight is 493 g/mol. The average Bonchev–Trinajstić information content (AvgIpc) is 3.50. The Hall–Kier alpha value is -4.94. The molecule has 9 rings (SSSR count). The summed E-state index contributed by atoms with van der Waals surface area (Å²) in [5.74, 6) is 0. The van der Waals surface area contributed by atoms with Crippen LogP contribution >= 0.6 is 0 Å². The Morgan fingerprint density at radius 1 is 0.256 bits per heavy atom. The van der Waals surface area contributed by atoms with Gasteiger partial charge in [0.05, 0.1) is 0 Å². The van der Waals surface area contributed by atoms with Gasteiger partial charge < -0.3 is 0 Å². The number of rotatable bonds is 2. The molecule has 0 atom stereocenters. The molecule has 180 valence electrons. The van der Waals surface area contributed by atoms with Crippen molar-refractivity contribution in [3.63, 3.8) is 0 Å². The summed E-state index contributed by atoms with van der Waals surface area (Å²) in [6, 6.07) is 47.3. The topological polar surface area (TPSA) is 0 Å². The van der Waals surface area contributed by atoms with Crippen molar-refractivity contribution in [3.05, 3.63) is 133 Å². The summed E-state index contributed by atoms with van der Waals surface area (Å²) in [7, 11) is 0. The van der Waals surface area contributed by atoms with Gasteiger partial charge in [0, 0.05) is 0 Å². The summed E-state index contributed by atoms with van der Waals surface area (Å²) in [4.78, 5) is 0. The molecule has 0 N–H and O–H groups in total. The lowest BCUT2D eigenvalue weighted by atomic mass is 9.87. The van der Waals surface area contributed by atoms with Crippen molar-refractivity contribution < 1.29 is 0 Å². The van der Waals surface area contributed by atoms with Crippen molar-refractivity contribution in [3.8, 4) is 66.8 Å². The third kappa shape index (κ3) is 2.68. The number of benzene rings is 7. The summed E-state index contributed by atoms with van der Waals surface area (Å²) in [5.41, 5.74) is 17.3. The molecule has 0 spiro atoms. The number of hydrogen-bond acceptors (Lipinski definition) is 0. The van der Waals surface area contributed by atoms with Gasteiger partial charge in [0.15, 0.2) is 0 Å². The Kier molecular flexibility index (Phi) is 4.08. The van der Waals surface area contributed by atoms with Crippen LogP contribution in [0.25, 0.3) is 88.3 Å². The molecule has 0 saturated heterocycles. The maximum atomic E-state index is 2.33. The lowest BCUT2D eigenvalue weighted by Crippen LogP contribution is -1.91. The van der Waals surface area contributed by atoms with E-state index in [9.17, 15) is 0 Å². The van der Waals surface area contributed by atoms with Gasteiger partial charge in [-0.2, -0.15) is 0 Å². The molecule has 0 fully saturated rings. The standard InChI is InChI=1S/C39H24/c1-23-24(30-19-21-36-28-11-4-2-9-26(28)32-15-7-17-34(30)38(32)36)13-6-14-25(23)31-20-22-37-29-12-5-3-10-27(29)33-16-8-18-35(31)39(33)37/h2-22H,1H3. The minimum Gasteiger partial charge on any atom is -0.0616 e. The van der Waals surface area contributed by atoms with Crippen molar-refractivity contribution >= 4 is 21.5 Å². The predicted molar refractivity (Wildman–Crippen MR) is 166 cm³/mol. The van der Waals surface area contributed by atoms with Crippen LogP contribution in [0.1, 0.15) is 5.56 Å². The summed E-state index contributed by atoms with van der Waals surface area (Å²) in [6.07, 6.45) is 0. The van der Waals surface area contributed by atoms with E-state index in [1.807, 2.05) is 0 Å². The van der Waals surface area contributed by atoms with Crippen LogP contribution in [-0.2, 0) is 0 Å². The highest BCUT2D eigenvalue weighted by Crippen LogP contribution is 2.51. The fraction of sp³-hybridized carbons (Fsp3) is 0.0256. The summed E-state index contributed by atoms with van der Waals surface area (Å²) in [6.45, 7) is 2.29. The number of hydrogen-bond donors (Lipinski definition) is 0. The van der Waals surface area contributed by atoms with Crippen molar-refractivity contribution in [1.82, 2.24) is 0 Å². The smallest absolute Gasteiger partial charge is 0.00201 e. The second-order valence-corrected chi connectivity index (χ2v) is 10.8. The van der Waals surface area contributed by atoms with Crippen LogP contribution in [0, 0.1) is 6.92 Å². The van der Waals surface area contributed by atoms with Gasteiger partial charge in [0.1, 0.15) is 0 Å². The van der Waals surface area contributed by atoms with E-state index in [4.69, 9.17) is 0 Å². The second-order valence-electron chi connectivity index (χ2n) is 10.8. The predicted octanol–water partition coefficient (Wildman–Crippen LogP) is 10.9. The summed E-state index contributed by atoms with van der Waals surface area (Å²) < 4.78 is 0. The van der Waals surface area contributed by atoms with Crippen LogP contribution in [0.5, 0.6) is 0 Å². The largest absolute Gasteiger partial charge is 0.0616 e. The lowest BCUT2D eigenvalue weighted by molar-refractivity contribution is 1.46. The third-order valence-electron chi connectivity index (χ3n) is 9.01. The summed E-state index contributed by atoms with van der Waals surface area (Å²) >= 11 is 0. The third-order valence-corrected chi connectivity index (χ3v) is 9.01. The molecule has 2 aliphatic carbocycles. The zero-order valence-corrected chi connectivity index (χ0v) is 21.6. The molecule has 39 heavy (non-hydrogen) atoms. The first-order valence-corrected chi connectivity index (χ1v) is 13.7. The Morgan fingerprint density at radius 3 is 1.00 bits per heavy atom. The summed E-state index contributed by atoms with van der Waals surface area (Å²) in [5, 5.41) is 5.42. The SMILES string of the molecule is Cc1c(-c2ccc3c4c(cccc24)-c2ccccc2-3)cccc1-c1ccc2c3c(cccc13)-c1ccccc1-2. The van der Waals surface area contributed by atoms with E-state index in [0.717, 1.165) is 0 Å². The van der Waals surface area contributed by atoms with E-state index < -0.39 is 0 Å². The first-order chi connectivity index (χ1) is 19.3. The molecule has 0 heteroatoms. The molecule has 7 aromatic carbocycles. The quantitative estimate of drug-likeness (QED) is 0.225. The van der Waals surface area contributed by atoms with Gasteiger partial charge in [0.2, 0.25) is 0 Å². The van der Waals surface area contributed by atoms with E-state index in [0.29, 0.717) is 0 Å². The van der Waals surface area contributed by atoms with E-state index >= 15 is 0 Å². The van der Waals surface area contributed by atoms with E-state index in [1.165, 1.54) is 93.9 Å². The van der Waals surface area contributed by atoms with E-state index in [1.54, 1.807) is 0 Å². The van der Waals surface area contributed by atoms with Crippen molar-refractivity contribution in [2.75, 3.05) is 0 Å².